The second-order valence-electron chi connectivity index (χ2n) is 3.97. The molecule has 2 rings (SSSR count). The number of methoxy groups -OCH3 is 1. The Bertz CT molecular complexity index is 580. The van der Waals surface area contributed by atoms with Crippen molar-refractivity contribution in [1.82, 2.24) is 5.32 Å². The molecule has 0 aliphatic carbocycles. The van der Waals surface area contributed by atoms with Crippen molar-refractivity contribution in [2.45, 2.75) is 6.04 Å². The SMILES string of the molecule is CNC(c1cccc(F)c1)c1ccc(C(=O)OC)o1. The summed E-state index contributed by atoms with van der Waals surface area (Å²) in [5.74, 6) is -0.222. The largest absolute Gasteiger partial charge is 0.463 e. The van der Waals surface area contributed by atoms with Crippen molar-refractivity contribution in [3.05, 3.63) is 59.3 Å². The van der Waals surface area contributed by atoms with E-state index in [0.717, 1.165) is 0 Å². The van der Waals surface area contributed by atoms with Crippen molar-refractivity contribution >= 4 is 5.97 Å². The van der Waals surface area contributed by atoms with Crippen LogP contribution in [0, 0.1) is 5.82 Å². The van der Waals surface area contributed by atoms with Crippen molar-refractivity contribution in [3.63, 3.8) is 0 Å². The Labute approximate surface area is 110 Å². The van der Waals surface area contributed by atoms with Gasteiger partial charge in [0.2, 0.25) is 5.76 Å². The van der Waals surface area contributed by atoms with Gasteiger partial charge in [-0.3, -0.25) is 0 Å². The Hall–Kier alpha value is -2.14. The third-order valence-corrected chi connectivity index (χ3v) is 2.77. The third kappa shape index (κ3) is 2.82. The molecule has 1 N–H and O–H groups in total. The van der Waals surface area contributed by atoms with E-state index in [0.29, 0.717) is 11.3 Å². The van der Waals surface area contributed by atoms with Gasteiger partial charge in [-0.1, -0.05) is 12.1 Å². The maximum Gasteiger partial charge on any atom is 0.373 e. The van der Waals surface area contributed by atoms with Crippen LogP contribution in [-0.4, -0.2) is 20.1 Å². The molecule has 2 aromatic rings. The van der Waals surface area contributed by atoms with Gasteiger partial charge in [-0.2, -0.15) is 0 Å². The lowest BCUT2D eigenvalue weighted by Crippen LogP contribution is -2.17. The zero-order valence-electron chi connectivity index (χ0n) is 10.6. The van der Waals surface area contributed by atoms with Crippen LogP contribution in [0.3, 0.4) is 0 Å². The third-order valence-electron chi connectivity index (χ3n) is 2.77. The molecule has 0 saturated carbocycles. The molecule has 4 nitrogen and oxygen atoms in total. The van der Waals surface area contributed by atoms with Crippen molar-refractivity contribution in [3.8, 4) is 0 Å². The van der Waals surface area contributed by atoms with Crippen LogP contribution in [-0.2, 0) is 4.74 Å². The normalized spacial score (nSPS) is 12.2. The molecule has 100 valence electrons. The van der Waals surface area contributed by atoms with Crippen LogP contribution < -0.4 is 5.32 Å². The average molecular weight is 263 g/mol. The number of ether oxygens (including phenoxy) is 1. The van der Waals surface area contributed by atoms with Gasteiger partial charge < -0.3 is 14.5 Å². The molecule has 1 unspecified atom stereocenters. The number of carbonyl (C=O) groups is 1. The van der Waals surface area contributed by atoms with Gasteiger partial charge in [0, 0.05) is 0 Å². The Morgan fingerprint density at radius 2 is 2.16 bits per heavy atom. The molecule has 5 heteroatoms. The number of halogens is 1. The van der Waals surface area contributed by atoms with E-state index in [1.165, 1.54) is 25.3 Å². The van der Waals surface area contributed by atoms with E-state index in [1.807, 2.05) is 0 Å². The van der Waals surface area contributed by atoms with Crippen molar-refractivity contribution in [2.75, 3.05) is 14.2 Å². The van der Waals surface area contributed by atoms with Crippen LogP contribution in [0.4, 0.5) is 4.39 Å². The highest BCUT2D eigenvalue weighted by Crippen LogP contribution is 2.24. The number of benzene rings is 1. The van der Waals surface area contributed by atoms with E-state index >= 15 is 0 Å². The number of esters is 1. The van der Waals surface area contributed by atoms with Gasteiger partial charge in [-0.25, -0.2) is 9.18 Å². The predicted octanol–water partition coefficient (Wildman–Crippen LogP) is 2.51. The second-order valence-corrected chi connectivity index (χ2v) is 3.97. The smallest absolute Gasteiger partial charge is 0.373 e. The van der Waals surface area contributed by atoms with Gasteiger partial charge in [0.1, 0.15) is 11.6 Å². The monoisotopic (exact) mass is 263 g/mol. The van der Waals surface area contributed by atoms with Crippen molar-refractivity contribution < 1.29 is 18.3 Å². The van der Waals surface area contributed by atoms with E-state index in [9.17, 15) is 9.18 Å². The fraction of sp³-hybridized carbons (Fsp3) is 0.214. The Morgan fingerprint density at radius 1 is 1.37 bits per heavy atom. The molecule has 1 aromatic carbocycles. The molecule has 0 amide bonds. The standard InChI is InChI=1S/C14H14FNO3/c1-16-13(9-4-3-5-10(15)8-9)11-6-7-12(19-11)14(17)18-2/h3-8,13,16H,1-2H3. The Morgan fingerprint density at radius 3 is 2.79 bits per heavy atom. The predicted molar refractivity (Wildman–Crippen MR) is 67.4 cm³/mol. The van der Waals surface area contributed by atoms with E-state index in [1.54, 1.807) is 25.2 Å². The van der Waals surface area contributed by atoms with Crippen LogP contribution in [0.1, 0.15) is 27.9 Å². The highest BCUT2D eigenvalue weighted by Gasteiger charge is 2.19. The molecule has 0 bridgehead atoms. The zero-order chi connectivity index (χ0) is 13.8. The lowest BCUT2D eigenvalue weighted by atomic mass is 10.0. The van der Waals surface area contributed by atoms with E-state index < -0.39 is 5.97 Å². The fourth-order valence-electron chi connectivity index (χ4n) is 1.88. The molecule has 0 fully saturated rings. The van der Waals surface area contributed by atoms with E-state index in [4.69, 9.17) is 4.42 Å². The number of furan rings is 1. The van der Waals surface area contributed by atoms with Gasteiger partial charge in [0.05, 0.1) is 13.2 Å². The Kier molecular flexibility index (Phi) is 3.97. The maximum absolute atomic E-state index is 13.2. The lowest BCUT2D eigenvalue weighted by molar-refractivity contribution is 0.0562. The Balaban J connectivity index is 2.32. The first-order valence-corrected chi connectivity index (χ1v) is 5.76. The summed E-state index contributed by atoms with van der Waals surface area (Å²) in [6.07, 6.45) is 0. The van der Waals surface area contributed by atoms with Crippen LogP contribution >= 0.6 is 0 Å². The summed E-state index contributed by atoms with van der Waals surface area (Å²) in [5.41, 5.74) is 0.716. The van der Waals surface area contributed by atoms with E-state index in [2.05, 4.69) is 10.1 Å². The minimum Gasteiger partial charge on any atom is -0.463 e. The molecular formula is C14H14FNO3. The summed E-state index contributed by atoms with van der Waals surface area (Å²) >= 11 is 0. The van der Waals surface area contributed by atoms with Crippen LogP contribution in [0.25, 0.3) is 0 Å². The highest BCUT2D eigenvalue weighted by molar-refractivity contribution is 5.86. The summed E-state index contributed by atoms with van der Waals surface area (Å²) < 4.78 is 23.2. The molecule has 0 aliphatic heterocycles. The molecule has 1 aromatic heterocycles. The quantitative estimate of drug-likeness (QED) is 0.861. The number of rotatable bonds is 4. The summed E-state index contributed by atoms with van der Waals surface area (Å²) in [4.78, 5) is 11.3. The van der Waals surface area contributed by atoms with E-state index in [-0.39, 0.29) is 17.6 Å². The van der Waals surface area contributed by atoms with Gasteiger partial charge in [0.25, 0.3) is 0 Å². The molecule has 0 radical (unpaired) electrons. The minimum atomic E-state index is -0.541. The molecule has 19 heavy (non-hydrogen) atoms. The molecule has 0 aliphatic rings. The second kappa shape index (κ2) is 5.67. The van der Waals surface area contributed by atoms with Gasteiger partial charge >= 0.3 is 5.97 Å². The molecule has 0 spiro atoms. The minimum absolute atomic E-state index is 0.120. The van der Waals surface area contributed by atoms with Crippen molar-refractivity contribution in [2.24, 2.45) is 0 Å². The fourth-order valence-corrected chi connectivity index (χ4v) is 1.88. The van der Waals surface area contributed by atoms with Crippen LogP contribution in [0.15, 0.2) is 40.8 Å². The highest BCUT2D eigenvalue weighted by atomic mass is 19.1. The number of hydrogen-bond donors (Lipinski definition) is 1. The van der Waals surface area contributed by atoms with Crippen LogP contribution in [0.5, 0.6) is 0 Å². The molecular weight excluding hydrogens is 249 g/mol. The van der Waals surface area contributed by atoms with Crippen molar-refractivity contribution in [1.29, 1.82) is 0 Å². The zero-order valence-corrected chi connectivity index (χ0v) is 10.6. The number of carbonyl (C=O) groups excluding carboxylic acids is 1. The summed E-state index contributed by atoms with van der Waals surface area (Å²) in [6, 6.07) is 9.07. The average Bonchev–Trinajstić information content (AvgIpc) is 2.88. The maximum atomic E-state index is 13.2. The molecule has 1 heterocycles. The van der Waals surface area contributed by atoms with Gasteiger partial charge in [0.15, 0.2) is 0 Å². The number of nitrogens with one attached hydrogen (secondary N) is 1. The molecule has 0 saturated heterocycles. The topological polar surface area (TPSA) is 51.5 Å². The first kappa shape index (κ1) is 13.3. The lowest BCUT2D eigenvalue weighted by Gasteiger charge is -2.14. The molecule has 1 atom stereocenters. The summed E-state index contributed by atoms with van der Waals surface area (Å²) in [6.45, 7) is 0. The first-order chi connectivity index (χ1) is 9.15. The van der Waals surface area contributed by atoms with Crippen LogP contribution in [0.2, 0.25) is 0 Å². The van der Waals surface area contributed by atoms with Gasteiger partial charge in [-0.05, 0) is 36.9 Å². The first-order valence-electron chi connectivity index (χ1n) is 5.76. The van der Waals surface area contributed by atoms with Gasteiger partial charge in [-0.15, -0.1) is 0 Å². The summed E-state index contributed by atoms with van der Waals surface area (Å²) in [7, 11) is 3.02. The number of hydrogen-bond acceptors (Lipinski definition) is 4. The summed E-state index contributed by atoms with van der Waals surface area (Å²) in [5, 5.41) is 3.02.